The third kappa shape index (κ3) is 3.00. The normalized spacial score (nSPS) is 12.1. The summed E-state index contributed by atoms with van der Waals surface area (Å²) in [6.45, 7) is 2.05. The zero-order chi connectivity index (χ0) is 16.7. The van der Waals surface area contributed by atoms with Gasteiger partial charge in [-0.05, 0) is 36.8 Å². The van der Waals surface area contributed by atoms with Crippen molar-refractivity contribution in [3.05, 3.63) is 48.2 Å². The number of furan rings is 2. The number of fused-ring (bicyclic) bond motifs is 5. The van der Waals surface area contributed by atoms with E-state index in [1.165, 1.54) is 0 Å². The maximum atomic E-state index is 9.36. The van der Waals surface area contributed by atoms with Crippen LogP contribution in [0.15, 0.2) is 51.5 Å². The highest BCUT2D eigenvalue weighted by Crippen LogP contribution is 2.35. The molecule has 0 aliphatic carbocycles. The molecule has 3 N–H and O–H groups in total. The minimum atomic E-state index is -0.703. The summed E-state index contributed by atoms with van der Waals surface area (Å²) in [5.41, 5.74) is 2.81. The van der Waals surface area contributed by atoms with Gasteiger partial charge in [0, 0.05) is 22.7 Å². The molecule has 2 aromatic heterocycles. The fourth-order valence-electron chi connectivity index (χ4n) is 2.95. The second kappa shape index (κ2) is 6.69. The van der Waals surface area contributed by atoms with E-state index in [0.717, 1.165) is 38.5 Å². The molecule has 0 radical (unpaired) electrons. The highest BCUT2D eigenvalue weighted by Gasteiger charge is 2.21. The van der Waals surface area contributed by atoms with Crippen molar-refractivity contribution < 1.29 is 19.0 Å². The Morgan fingerprint density at radius 1 is 0.960 bits per heavy atom. The van der Waals surface area contributed by atoms with Gasteiger partial charge in [-0.25, -0.2) is 0 Å². The molecule has 0 unspecified atom stereocenters. The largest absolute Gasteiger partial charge is 0.464 e. The summed E-state index contributed by atoms with van der Waals surface area (Å²) in [6.07, 6.45) is 1.69. The molecular weight excluding hydrogens is 342 g/mol. The molecular formula is C19H20ClNO4. The van der Waals surface area contributed by atoms with E-state index in [0.29, 0.717) is 6.54 Å². The highest BCUT2D eigenvalue weighted by molar-refractivity contribution is 6.17. The number of halogens is 1. The van der Waals surface area contributed by atoms with E-state index >= 15 is 0 Å². The summed E-state index contributed by atoms with van der Waals surface area (Å²) < 4.78 is 11.5. The van der Waals surface area contributed by atoms with Crippen LogP contribution in [-0.4, -0.2) is 29.0 Å². The molecule has 0 amide bonds. The number of aliphatic hydroxyl groups excluding tert-OH is 2. The first-order valence-electron chi connectivity index (χ1n) is 7.92. The van der Waals surface area contributed by atoms with Crippen molar-refractivity contribution in [1.29, 1.82) is 0 Å². The van der Waals surface area contributed by atoms with Crippen LogP contribution < -0.4 is 5.32 Å². The molecule has 132 valence electrons. The van der Waals surface area contributed by atoms with Crippen LogP contribution in [0.4, 0.5) is 0 Å². The molecule has 4 rings (SSSR count). The standard InChI is InChI=1S/C19H19NO4.ClH/c1-19(10-21,11-22)20-9-12-2-3-13-17(8-12)24-16-5-4-15-14(18(13)16)6-7-23-15;/h2-8,20-22H,9-11H2,1H3;1H. The van der Waals surface area contributed by atoms with Crippen LogP contribution in [0.25, 0.3) is 32.9 Å². The first-order chi connectivity index (χ1) is 11.6. The van der Waals surface area contributed by atoms with Crippen LogP contribution in [0.2, 0.25) is 0 Å². The summed E-state index contributed by atoms with van der Waals surface area (Å²) in [7, 11) is 0. The van der Waals surface area contributed by atoms with Gasteiger partial charge < -0.3 is 24.4 Å². The Hall–Kier alpha value is -2.05. The van der Waals surface area contributed by atoms with Gasteiger partial charge in [0.1, 0.15) is 16.7 Å². The maximum Gasteiger partial charge on any atom is 0.136 e. The van der Waals surface area contributed by atoms with Crippen molar-refractivity contribution in [2.45, 2.75) is 19.0 Å². The Kier molecular flexibility index (Phi) is 4.75. The van der Waals surface area contributed by atoms with E-state index in [9.17, 15) is 10.2 Å². The van der Waals surface area contributed by atoms with Gasteiger partial charge in [-0.2, -0.15) is 0 Å². The van der Waals surface area contributed by atoms with Gasteiger partial charge in [-0.3, -0.25) is 0 Å². The summed E-state index contributed by atoms with van der Waals surface area (Å²) in [5, 5.41) is 25.1. The fraction of sp³-hybridized carbons (Fsp3) is 0.263. The third-order valence-electron chi connectivity index (χ3n) is 4.55. The van der Waals surface area contributed by atoms with E-state index < -0.39 is 5.54 Å². The number of benzene rings is 2. The zero-order valence-electron chi connectivity index (χ0n) is 13.8. The molecule has 0 saturated heterocycles. The van der Waals surface area contributed by atoms with Gasteiger partial charge in [-0.15, -0.1) is 12.4 Å². The van der Waals surface area contributed by atoms with Gasteiger partial charge in [0.15, 0.2) is 0 Å². The average molecular weight is 362 g/mol. The molecule has 4 aromatic rings. The topological polar surface area (TPSA) is 78.8 Å². The first kappa shape index (κ1) is 17.8. The minimum absolute atomic E-state index is 0. The molecule has 6 heteroatoms. The quantitative estimate of drug-likeness (QED) is 0.506. The molecule has 2 aromatic carbocycles. The third-order valence-corrected chi connectivity index (χ3v) is 4.55. The van der Waals surface area contributed by atoms with Crippen LogP contribution in [0.5, 0.6) is 0 Å². The van der Waals surface area contributed by atoms with Gasteiger partial charge >= 0.3 is 0 Å². The molecule has 0 spiro atoms. The number of nitrogens with one attached hydrogen (secondary N) is 1. The lowest BCUT2D eigenvalue weighted by molar-refractivity contribution is 0.103. The van der Waals surface area contributed by atoms with Crippen molar-refractivity contribution in [2.24, 2.45) is 0 Å². The molecule has 0 aliphatic rings. The van der Waals surface area contributed by atoms with Gasteiger partial charge in [0.05, 0.1) is 25.0 Å². The van der Waals surface area contributed by atoms with Crippen LogP contribution in [0.3, 0.4) is 0 Å². The van der Waals surface area contributed by atoms with E-state index in [2.05, 4.69) is 5.32 Å². The molecule has 25 heavy (non-hydrogen) atoms. The summed E-state index contributed by atoms with van der Waals surface area (Å²) in [6, 6.07) is 11.8. The smallest absolute Gasteiger partial charge is 0.136 e. The molecule has 0 saturated carbocycles. The van der Waals surface area contributed by atoms with Crippen molar-refractivity contribution in [3.63, 3.8) is 0 Å². The van der Waals surface area contributed by atoms with E-state index in [1.807, 2.05) is 36.4 Å². The van der Waals surface area contributed by atoms with Crippen LogP contribution in [-0.2, 0) is 6.54 Å². The van der Waals surface area contributed by atoms with Crippen molar-refractivity contribution in [2.75, 3.05) is 13.2 Å². The number of hydrogen-bond donors (Lipinski definition) is 3. The fourth-order valence-corrected chi connectivity index (χ4v) is 2.95. The predicted molar refractivity (Wildman–Crippen MR) is 100 cm³/mol. The molecule has 0 aliphatic heterocycles. The maximum absolute atomic E-state index is 9.36. The molecule has 5 nitrogen and oxygen atoms in total. The van der Waals surface area contributed by atoms with E-state index in [-0.39, 0.29) is 25.6 Å². The monoisotopic (exact) mass is 361 g/mol. The number of hydrogen-bond acceptors (Lipinski definition) is 5. The predicted octanol–water partition coefficient (Wildman–Crippen LogP) is 3.59. The Morgan fingerprint density at radius 2 is 1.68 bits per heavy atom. The van der Waals surface area contributed by atoms with Gasteiger partial charge in [0.2, 0.25) is 0 Å². The minimum Gasteiger partial charge on any atom is -0.464 e. The highest BCUT2D eigenvalue weighted by atomic mass is 35.5. The summed E-state index contributed by atoms with van der Waals surface area (Å²) in [4.78, 5) is 0. The van der Waals surface area contributed by atoms with Gasteiger partial charge in [-0.1, -0.05) is 12.1 Å². The average Bonchev–Trinajstić information content (AvgIpc) is 3.22. The van der Waals surface area contributed by atoms with Crippen molar-refractivity contribution in [1.82, 2.24) is 5.32 Å². The number of rotatable bonds is 5. The molecule has 0 fully saturated rings. The second-order valence-electron chi connectivity index (χ2n) is 6.43. The lowest BCUT2D eigenvalue weighted by Gasteiger charge is -2.26. The van der Waals surface area contributed by atoms with Crippen LogP contribution >= 0.6 is 12.4 Å². The zero-order valence-corrected chi connectivity index (χ0v) is 14.6. The van der Waals surface area contributed by atoms with Crippen molar-refractivity contribution in [3.8, 4) is 0 Å². The number of aliphatic hydroxyl groups is 2. The summed E-state index contributed by atoms with van der Waals surface area (Å²) >= 11 is 0. The Bertz CT molecular complexity index is 1020. The second-order valence-corrected chi connectivity index (χ2v) is 6.43. The van der Waals surface area contributed by atoms with Crippen molar-refractivity contribution >= 4 is 45.3 Å². The Balaban J connectivity index is 0.00000182. The van der Waals surface area contributed by atoms with Gasteiger partial charge in [0.25, 0.3) is 0 Å². The lowest BCUT2D eigenvalue weighted by atomic mass is 10.0. The lowest BCUT2D eigenvalue weighted by Crippen LogP contribution is -2.48. The van der Waals surface area contributed by atoms with E-state index in [4.69, 9.17) is 8.83 Å². The molecule has 2 heterocycles. The van der Waals surface area contributed by atoms with Crippen LogP contribution in [0, 0.1) is 0 Å². The Morgan fingerprint density at radius 3 is 2.44 bits per heavy atom. The summed E-state index contributed by atoms with van der Waals surface area (Å²) in [5.74, 6) is 0. The molecule has 0 atom stereocenters. The Labute approximate surface area is 150 Å². The molecule has 0 bridgehead atoms. The van der Waals surface area contributed by atoms with E-state index in [1.54, 1.807) is 13.2 Å². The van der Waals surface area contributed by atoms with Crippen LogP contribution in [0.1, 0.15) is 12.5 Å². The SMILES string of the molecule is CC(CO)(CO)NCc1ccc2c(c1)oc1ccc3occc3c12.Cl. The first-order valence-corrected chi connectivity index (χ1v) is 7.92.